The van der Waals surface area contributed by atoms with Crippen molar-refractivity contribution in [1.29, 1.82) is 0 Å². The van der Waals surface area contributed by atoms with E-state index >= 15 is 0 Å². The fourth-order valence-electron chi connectivity index (χ4n) is 2.11. The van der Waals surface area contributed by atoms with Gasteiger partial charge in [0.15, 0.2) is 0 Å². The highest BCUT2D eigenvalue weighted by Gasteiger charge is 2.18. The van der Waals surface area contributed by atoms with Crippen LogP contribution >= 0.6 is 11.3 Å². The van der Waals surface area contributed by atoms with Gasteiger partial charge in [0.1, 0.15) is 9.90 Å². The maximum absolute atomic E-state index is 12.5. The second-order valence-corrected chi connectivity index (χ2v) is 8.28. The molecule has 3 aromatic rings. The minimum atomic E-state index is -3.76. The number of sulfonamides is 1. The van der Waals surface area contributed by atoms with E-state index in [2.05, 4.69) is 20.2 Å². The fourth-order valence-corrected chi connectivity index (χ4v) is 4.45. The Morgan fingerprint density at radius 3 is 2.35 bits per heavy atom. The number of H-pyrrole nitrogens is 1. The van der Waals surface area contributed by atoms with Crippen molar-refractivity contribution in [2.75, 3.05) is 10.0 Å². The molecule has 0 unspecified atom stereocenters. The largest absolute Gasteiger partial charge is 0.326 e. The van der Waals surface area contributed by atoms with Crippen LogP contribution < -0.4 is 15.6 Å². The fraction of sp³-hybridized carbons (Fsp3) is 0.0625. The number of amides is 1. The highest BCUT2D eigenvalue weighted by Crippen LogP contribution is 2.30. The van der Waals surface area contributed by atoms with Gasteiger partial charge in [-0.2, -0.15) is 5.10 Å². The minimum absolute atomic E-state index is 0.117. The van der Waals surface area contributed by atoms with Crippen molar-refractivity contribution in [3.63, 3.8) is 0 Å². The first-order valence-electron chi connectivity index (χ1n) is 7.40. The predicted molar refractivity (Wildman–Crippen MR) is 99.7 cm³/mol. The van der Waals surface area contributed by atoms with Crippen LogP contribution in [0.1, 0.15) is 6.92 Å². The Kier molecular flexibility index (Phi) is 4.87. The van der Waals surface area contributed by atoms with Crippen molar-refractivity contribution in [3.8, 4) is 10.6 Å². The standard InChI is InChI=1S/C16H14N4O4S2/c1-10(21)17-11-2-4-12(5-3-11)20-26(23,24)16-9-7-14(25-16)13-6-8-15(22)19-18-13/h2-9,20H,1H3,(H,17,21)(H,19,22). The molecule has 2 heterocycles. The molecule has 8 nitrogen and oxygen atoms in total. The zero-order valence-corrected chi connectivity index (χ0v) is 15.1. The average molecular weight is 390 g/mol. The molecule has 10 heteroatoms. The highest BCUT2D eigenvalue weighted by atomic mass is 32.2. The summed E-state index contributed by atoms with van der Waals surface area (Å²) in [4.78, 5) is 22.7. The third kappa shape index (κ3) is 4.16. The lowest BCUT2D eigenvalue weighted by Crippen LogP contribution is -2.11. The second kappa shape index (κ2) is 7.10. The summed E-state index contributed by atoms with van der Waals surface area (Å²) in [5, 5.41) is 8.80. The number of nitrogens with zero attached hydrogens (tertiary/aromatic N) is 1. The van der Waals surface area contributed by atoms with Gasteiger partial charge >= 0.3 is 0 Å². The number of rotatable bonds is 5. The molecule has 0 fully saturated rings. The van der Waals surface area contributed by atoms with Gasteiger partial charge in [0.2, 0.25) is 5.91 Å². The van der Waals surface area contributed by atoms with Crippen LogP contribution in [0.25, 0.3) is 10.6 Å². The Morgan fingerprint density at radius 1 is 1.04 bits per heavy atom. The van der Waals surface area contributed by atoms with Crippen LogP contribution in [0, 0.1) is 0 Å². The van der Waals surface area contributed by atoms with Crippen LogP contribution in [0.5, 0.6) is 0 Å². The summed E-state index contributed by atoms with van der Waals surface area (Å²) in [6, 6.07) is 12.3. The number of nitrogens with one attached hydrogen (secondary N) is 3. The van der Waals surface area contributed by atoms with Crippen molar-refractivity contribution < 1.29 is 13.2 Å². The van der Waals surface area contributed by atoms with Crippen molar-refractivity contribution in [2.24, 2.45) is 0 Å². The van der Waals surface area contributed by atoms with Gasteiger partial charge in [0, 0.05) is 24.4 Å². The number of thiophene rings is 1. The number of carbonyl (C=O) groups excluding carboxylic acids is 1. The Bertz CT molecular complexity index is 1080. The SMILES string of the molecule is CC(=O)Nc1ccc(NS(=O)(=O)c2ccc(-c3ccc(=O)[nH]n3)s2)cc1. The van der Waals surface area contributed by atoms with E-state index in [1.54, 1.807) is 30.3 Å². The predicted octanol–water partition coefficient (Wildman–Crippen LogP) is 2.26. The van der Waals surface area contributed by atoms with E-state index in [1.807, 2.05) is 0 Å². The molecule has 0 aliphatic carbocycles. The topological polar surface area (TPSA) is 121 Å². The number of benzene rings is 1. The van der Waals surface area contributed by atoms with Crippen LogP contribution in [-0.2, 0) is 14.8 Å². The van der Waals surface area contributed by atoms with Crippen molar-refractivity contribution in [1.82, 2.24) is 10.2 Å². The zero-order valence-electron chi connectivity index (χ0n) is 13.5. The molecule has 0 saturated carbocycles. The summed E-state index contributed by atoms with van der Waals surface area (Å²) in [6.45, 7) is 1.39. The maximum atomic E-state index is 12.5. The summed E-state index contributed by atoms with van der Waals surface area (Å²) in [7, 11) is -3.76. The van der Waals surface area contributed by atoms with Gasteiger partial charge in [-0.25, -0.2) is 13.5 Å². The first-order chi connectivity index (χ1) is 12.3. The minimum Gasteiger partial charge on any atom is -0.326 e. The van der Waals surface area contributed by atoms with Crippen molar-refractivity contribution in [2.45, 2.75) is 11.1 Å². The number of hydrogen-bond acceptors (Lipinski definition) is 6. The molecule has 1 amide bonds. The number of aromatic nitrogens is 2. The molecule has 0 atom stereocenters. The molecule has 134 valence electrons. The Morgan fingerprint density at radius 2 is 1.73 bits per heavy atom. The summed E-state index contributed by atoms with van der Waals surface area (Å²) >= 11 is 1.04. The van der Waals surface area contributed by atoms with Crippen LogP contribution in [0.15, 0.2) is 57.5 Å². The second-order valence-electron chi connectivity index (χ2n) is 5.29. The van der Waals surface area contributed by atoms with Crippen LogP contribution in [0.3, 0.4) is 0 Å². The maximum Gasteiger partial charge on any atom is 0.271 e. The lowest BCUT2D eigenvalue weighted by molar-refractivity contribution is -0.114. The van der Waals surface area contributed by atoms with Gasteiger partial charge in [-0.15, -0.1) is 11.3 Å². The number of carbonyl (C=O) groups is 1. The quantitative estimate of drug-likeness (QED) is 0.617. The molecule has 3 rings (SSSR count). The molecule has 0 aliphatic rings. The summed E-state index contributed by atoms with van der Waals surface area (Å²) in [6.07, 6.45) is 0. The van der Waals surface area contributed by atoms with Gasteiger partial charge < -0.3 is 5.32 Å². The number of anilines is 2. The molecule has 1 aromatic carbocycles. The molecule has 0 aliphatic heterocycles. The van der Waals surface area contributed by atoms with Crippen molar-refractivity contribution >= 4 is 38.6 Å². The first kappa shape index (κ1) is 17.8. The Labute approximate surface area is 153 Å². The van der Waals surface area contributed by atoms with Gasteiger partial charge in [-0.3, -0.25) is 14.3 Å². The third-order valence-corrected chi connectivity index (χ3v) is 6.22. The Hall–Kier alpha value is -2.98. The molecular weight excluding hydrogens is 376 g/mol. The molecule has 0 saturated heterocycles. The average Bonchev–Trinajstić information content (AvgIpc) is 3.08. The van der Waals surface area contributed by atoms with Gasteiger partial charge in [0.05, 0.1) is 4.88 Å². The Balaban J connectivity index is 1.79. The molecule has 0 bridgehead atoms. The van der Waals surface area contributed by atoms with E-state index in [4.69, 9.17) is 0 Å². The molecule has 3 N–H and O–H groups in total. The van der Waals surface area contributed by atoms with E-state index in [9.17, 15) is 18.0 Å². The van der Waals surface area contributed by atoms with E-state index in [0.29, 0.717) is 21.9 Å². The lowest BCUT2D eigenvalue weighted by Gasteiger charge is -2.07. The molecule has 26 heavy (non-hydrogen) atoms. The lowest BCUT2D eigenvalue weighted by atomic mass is 10.3. The summed E-state index contributed by atoms with van der Waals surface area (Å²) < 4.78 is 27.6. The first-order valence-corrected chi connectivity index (χ1v) is 9.70. The van der Waals surface area contributed by atoms with E-state index in [1.165, 1.54) is 25.1 Å². The van der Waals surface area contributed by atoms with Crippen molar-refractivity contribution in [3.05, 3.63) is 58.9 Å². The molecular formula is C16H14N4O4S2. The molecule has 0 radical (unpaired) electrons. The molecule has 0 spiro atoms. The monoisotopic (exact) mass is 390 g/mol. The van der Waals surface area contributed by atoms with E-state index < -0.39 is 10.0 Å². The summed E-state index contributed by atoms with van der Waals surface area (Å²) in [5.74, 6) is -0.208. The molecule has 2 aromatic heterocycles. The van der Waals surface area contributed by atoms with Crippen LogP contribution in [-0.4, -0.2) is 24.5 Å². The van der Waals surface area contributed by atoms with Crippen LogP contribution in [0.4, 0.5) is 11.4 Å². The summed E-state index contributed by atoms with van der Waals surface area (Å²) in [5.41, 5.74) is 1.09. The van der Waals surface area contributed by atoms with E-state index in [0.717, 1.165) is 11.3 Å². The van der Waals surface area contributed by atoms with Gasteiger partial charge in [-0.1, -0.05) is 0 Å². The third-order valence-electron chi connectivity index (χ3n) is 3.24. The van der Waals surface area contributed by atoms with Gasteiger partial charge in [-0.05, 0) is 42.5 Å². The van der Waals surface area contributed by atoms with Gasteiger partial charge in [0.25, 0.3) is 15.6 Å². The number of hydrogen-bond donors (Lipinski definition) is 3. The number of aromatic amines is 1. The zero-order chi connectivity index (χ0) is 18.7. The highest BCUT2D eigenvalue weighted by molar-refractivity contribution is 7.94. The van der Waals surface area contributed by atoms with E-state index in [-0.39, 0.29) is 15.7 Å². The normalized spacial score (nSPS) is 11.1. The van der Waals surface area contributed by atoms with Crippen LogP contribution in [0.2, 0.25) is 0 Å². The smallest absolute Gasteiger partial charge is 0.271 e.